The van der Waals surface area contributed by atoms with Gasteiger partial charge in [0.2, 0.25) is 0 Å². The van der Waals surface area contributed by atoms with Gasteiger partial charge in [0.05, 0.1) is 20.8 Å². The van der Waals surface area contributed by atoms with Crippen molar-refractivity contribution in [2.24, 2.45) is 0 Å². The summed E-state index contributed by atoms with van der Waals surface area (Å²) in [4.78, 5) is 0. The normalized spacial score (nSPS) is 10.6. The number of nitrogens with one attached hydrogen (secondary N) is 1. The molecule has 0 heterocycles. The van der Waals surface area contributed by atoms with Crippen molar-refractivity contribution < 1.29 is 4.39 Å². The third-order valence-corrected chi connectivity index (χ3v) is 4.30. The summed E-state index contributed by atoms with van der Waals surface area (Å²) in [6.45, 7) is 0.413. The van der Waals surface area contributed by atoms with Crippen molar-refractivity contribution in [3.63, 3.8) is 0 Å². The summed E-state index contributed by atoms with van der Waals surface area (Å²) < 4.78 is 14.0. The van der Waals surface area contributed by atoms with Gasteiger partial charge in [0.15, 0.2) is 0 Å². The van der Waals surface area contributed by atoms with Crippen LogP contribution in [0.2, 0.25) is 15.1 Å². The highest BCUT2D eigenvalue weighted by Crippen LogP contribution is 2.32. The van der Waals surface area contributed by atoms with Gasteiger partial charge >= 0.3 is 0 Å². The van der Waals surface area contributed by atoms with Crippen LogP contribution in [0.5, 0.6) is 0 Å². The smallest absolute Gasteiger partial charge is 0.123 e. The van der Waals surface area contributed by atoms with Crippen LogP contribution in [-0.4, -0.2) is 0 Å². The molecular weight excluding hydrogens is 375 g/mol. The second-order valence-electron chi connectivity index (χ2n) is 3.84. The number of hydrogen-bond acceptors (Lipinski definition) is 1. The molecule has 0 amide bonds. The van der Waals surface area contributed by atoms with E-state index in [0.29, 0.717) is 27.3 Å². The third-order valence-electron chi connectivity index (χ3n) is 2.49. The third kappa shape index (κ3) is 3.76. The van der Waals surface area contributed by atoms with Crippen LogP contribution in [0.25, 0.3) is 0 Å². The van der Waals surface area contributed by atoms with Gasteiger partial charge in [-0.05, 0) is 35.9 Å². The number of anilines is 1. The van der Waals surface area contributed by atoms with Gasteiger partial charge in [-0.25, -0.2) is 4.39 Å². The lowest BCUT2D eigenvalue weighted by Crippen LogP contribution is -2.01. The highest BCUT2D eigenvalue weighted by Gasteiger charge is 2.07. The minimum atomic E-state index is -0.291. The Morgan fingerprint density at radius 1 is 1.00 bits per heavy atom. The van der Waals surface area contributed by atoms with Crippen LogP contribution >= 0.6 is 50.7 Å². The van der Waals surface area contributed by atoms with E-state index in [0.717, 1.165) is 10.0 Å². The minimum absolute atomic E-state index is 0.291. The Morgan fingerprint density at radius 3 is 2.42 bits per heavy atom. The maximum Gasteiger partial charge on any atom is 0.123 e. The van der Waals surface area contributed by atoms with Gasteiger partial charge in [-0.1, -0.05) is 50.7 Å². The zero-order chi connectivity index (χ0) is 14.0. The second-order valence-corrected chi connectivity index (χ2v) is 5.91. The van der Waals surface area contributed by atoms with Crippen LogP contribution in [-0.2, 0) is 6.54 Å². The van der Waals surface area contributed by atoms with E-state index >= 15 is 0 Å². The zero-order valence-electron chi connectivity index (χ0n) is 9.48. The van der Waals surface area contributed by atoms with E-state index in [1.54, 1.807) is 18.2 Å². The molecule has 0 aliphatic carbocycles. The Kier molecular flexibility index (Phi) is 4.96. The topological polar surface area (TPSA) is 12.0 Å². The van der Waals surface area contributed by atoms with Crippen molar-refractivity contribution in [1.29, 1.82) is 0 Å². The Bertz CT molecular complexity index is 619. The van der Waals surface area contributed by atoms with Crippen molar-refractivity contribution in [2.75, 3.05) is 5.32 Å². The zero-order valence-corrected chi connectivity index (χ0v) is 13.3. The van der Waals surface area contributed by atoms with Crippen molar-refractivity contribution in [3.8, 4) is 0 Å². The van der Waals surface area contributed by atoms with E-state index in [4.69, 9.17) is 34.8 Å². The second kappa shape index (κ2) is 6.31. The molecule has 0 saturated heterocycles. The molecule has 0 bridgehead atoms. The average Bonchev–Trinajstić information content (AvgIpc) is 2.36. The monoisotopic (exact) mass is 381 g/mol. The summed E-state index contributed by atoms with van der Waals surface area (Å²) >= 11 is 21.2. The number of halogens is 5. The van der Waals surface area contributed by atoms with Crippen molar-refractivity contribution >= 4 is 56.4 Å². The van der Waals surface area contributed by atoms with Crippen LogP contribution < -0.4 is 5.32 Å². The SMILES string of the molecule is Fc1ccc(Br)c(CNc2cc(Cl)c(Cl)cc2Cl)c1. The Morgan fingerprint density at radius 2 is 1.68 bits per heavy atom. The van der Waals surface area contributed by atoms with Gasteiger partial charge in [-0.15, -0.1) is 0 Å². The number of rotatable bonds is 3. The van der Waals surface area contributed by atoms with Crippen LogP contribution in [0.4, 0.5) is 10.1 Å². The van der Waals surface area contributed by atoms with Gasteiger partial charge in [0.1, 0.15) is 5.82 Å². The van der Waals surface area contributed by atoms with Crippen LogP contribution in [0.15, 0.2) is 34.8 Å². The molecule has 19 heavy (non-hydrogen) atoms. The molecule has 0 aliphatic heterocycles. The van der Waals surface area contributed by atoms with Gasteiger partial charge < -0.3 is 5.32 Å². The lowest BCUT2D eigenvalue weighted by Gasteiger charge is -2.11. The molecule has 0 aliphatic rings. The molecule has 2 aromatic carbocycles. The van der Waals surface area contributed by atoms with Gasteiger partial charge in [0, 0.05) is 11.0 Å². The maximum atomic E-state index is 13.2. The first kappa shape index (κ1) is 14.9. The van der Waals surface area contributed by atoms with E-state index in [1.807, 2.05) is 0 Å². The summed E-state index contributed by atoms with van der Waals surface area (Å²) in [6.07, 6.45) is 0. The highest BCUT2D eigenvalue weighted by molar-refractivity contribution is 9.10. The predicted molar refractivity (Wildman–Crippen MR) is 82.9 cm³/mol. The molecule has 0 atom stereocenters. The summed E-state index contributed by atoms with van der Waals surface area (Å²) in [7, 11) is 0. The molecule has 1 nitrogen and oxygen atoms in total. The molecule has 1 N–H and O–H groups in total. The molecule has 6 heteroatoms. The van der Waals surface area contributed by atoms with Crippen molar-refractivity contribution in [3.05, 3.63) is 61.3 Å². The van der Waals surface area contributed by atoms with E-state index in [-0.39, 0.29) is 5.82 Å². The standard InChI is InChI=1S/C13H8BrCl3FN/c14-9-2-1-8(18)3-7(9)6-19-13-5-11(16)10(15)4-12(13)17/h1-5,19H,6H2. The Hall–Kier alpha value is -0.480. The molecule has 0 radical (unpaired) electrons. The molecule has 0 spiro atoms. The largest absolute Gasteiger partial charge is 0.380 e. The van der Waals surface area contributed by atoms with E-state index in [1.165, 1.54) is 12.1 Å². The van der Waals surface area contributed by atoms with Crippen LogP contribution in [0.1, 0.15) is 5.56 Å². The summed E-state index contributed by atoms with van der Waals surface area (Å²) in [5.41, 5.74) is 1.43. The molecule has 0 aromatic heterocycles. The lowest BCUT2D eigenvalue weighted by molar-refractivity contribution is 0.625. The highest BCUT2D eigenvalue weighted by atomic mass is 79.9. The van der Waals surface area contributed by atoms with Crippen molar-refractivity contribution in [1.82, 2.24) is 0 Å². The fourth-order valence-corrected chi connectivity index (χ4v) is 2.53. The van der Waals surface area contributed by atoms with E-state index in [2.05, 4.69) is 21.2 Å². The first-order valence-electron chi connectivity index (χ1n) is 5.29. The molecular formula is C13H8BrCl3FN. The Balaban J connectivity index is 2.19. The summed E-state index contributed by atoms with van der Waals surface area (Å²) in [5, 5.41) is 4.36. The van der Waals surface area contributed by atoms with Crippen molar-refractivity contribution in [2.45, 2.75) is 6.54 Å². The fraction of sp³-hybridized carbons (Fsp3) is 0.0769. The first-order valence-corrected chi connectivity index (χ1v) is 7.22. The molecule has 2 rings (SSSR count). The maximum absolute atomic E-state index is 13.2. The minimum Gasteiger partial charge on any atom is -0.380 e. The quantitative estimate of drug-likeness (QED) is 0.626. The van der Waals surface area contributed by atoms with Gasteiger partial charge in [-0.2, -0.15) is 0 Å². The average molecular weight is 383 g/mol. The number of hydrogen-bond donors (Lipinski definition) is 1. The molecule has 0 unspecified atom stereocenters. The molecule has 0 fully saturated rings. The van der Waals surface area contributed by atoms with Gasteiger partial charge in [-0.3, -0.25) is 0 Å². The first-order chi connectivity index (χ1) is 8.97. The van der Waals surface area contributed by atoms with E-state index < -0.39 is 0 Å². The fourth-order valence-electron chi connectivity index (χ4n) is 1.53. The Labute approximate surface area is 133 Å². The lowest BCUT2D eigenvalue weighted by atomic mass is 10.2. The van der Waals surface area contributed by atoms with Gasteiger partial charge in [0.25, 0.3) is 0 Å². The predicted octanol–water partition coefficient (Wildman–Crippen LogP) is 6.16. The molecule has 0 saturated carbocycles. The summed E-state index contributed by atoms with van der Waals surface area (Å²) in [6, 6.07) is 7.69. The molecule has 100 valence electrons. The van der Waals surface area contributed by atoms with Crippen LogP contribution in [0.3, 0.4) is 0 Å². The van der Waals surface area contributed by atoms with E-state index in [9.17, 15) is 4.39 Å². The molecule has 2 aromatic rings. The summed E-state index contributed by atoms with van der Waals surface area (Å²) in [5.74, 6) is -0.291. The van der Waals surface area contributed by atoms with Crippen LogP contribution in [0, 0.1) is 5.82 Å². The number of benzene rings is 2.